The smallest absolute Gasteiger partial charge is 0.325 e. The van der Waals surface area contributed by atoms with Crippen molar-refractivity contribution in [3.63, 3.8) is 0 Å². The molecule has 0 spiro atoms. The van der Waals surface area contributed by atoms with Crippen molar-refractivity contribution in [2.24, 2.45) is 5.73 Å². The Kier molecular flexibility index (Phi) is 15.6. The average Bonchev–Trinajstić information content (AvgIpc) is 3.11. The molecule has 3 rings (SSSR count). The minimum absolute atomic E-state index is 0.0141. The van der Waals surface area contributed by atoms with Crippen LogP contribution in [0, 0.1) is 0 Å². The van der Waals surface area contributed by atoms with Crippen molar-refractivity contribution in [1.82, 2.24) is 10.6 Å². The molecule has 0 aliphatic heterocycles. The second-order valence-electron chi connectivity index (χ2n) is 10.8. The van der Waals surface area contributed by atoms with E-state index in [1.165, 1.54) is 30.1 Å². The van der Waals surface area contributed by atoms with Gasteiger partial charge in [-0.25, -0.2) is 0 Å². The molecule has 2 amide bonds. The molecule has 3 aromatic rings. The standard InChI is InChI=1S/C35H42N3O7PS/c1-44-32(40)24-37-34(42)30(38-31(39)22-21-29(36)35(43)45-2)25-47-33(41)20-12-13-23-46(26-14-6-3-7-15-26,27-16-8-4-9-17-27)28-18-10-5-11-19-28/h3-11,14-19,29-30H,12-13,20-25,36H2,1-2H3,(H-,37,38,39,42)/p+1. The Balaban J connectivity index is 1.65. The summed E-state index contributed by atoms with van der Waals surface area (Å²) >= 11 is 0.954. The van der Waals surface area contributed by atoms with E-state index in [0.29, 0.717) is 12.8 Å². The van der Waals surface area contributed by atoms with Gasteiger partial charge in [0, 0.05) is 18.6 Å². The predicted octanol–water partition coefficient (Wildman–Crippen LogP) is 2.47. The van der Waals surface area contributed by atoms with E-state index < -0.39 is 43.1 Å². The maximum Gasteiger partial charge on any atom is 0.325 e. The second kappa shape index (κ2) is 19.6. The van der Waals surface area contributed by atoms with Crippen LogP contribution in [0.25, 0.3) is 0 Å². The Labute approximate surface area is 280 Å². The Hall–Kier alpha value is -4.05. The van der Waals surface area contributed by atoms with Crippen LogP contribution in [0.5, 0.6) is 0 Å². The number of ether oxygens (including phenoxy) is 2. The third-order valence-electron chi connectivity index (χ3n) is 7.60. The summed E-state index contributed by atoms with van der Waals surface area (Å²) in [5.74, 6) is -2.50. The Morgan fingerprint density at radius 1 is 0.766 bits per heavy atom. The lowest BCUT2D eigenvalue weighted by Crippen LogP contribution is -2.49. The Morgan fingerprint density at radius 2 is 1.30 bits per heavy atom. The van der Waals surface area contributed by atoms with Crippen molar-refractivity contribution in [3.05, 3.63) is 91.0 Å². The summed E-state index contributed by atoms with van der Waals surface area (Å²) in [4.78, 5) is 61.5. The maximum atomic E-state index is 13.0. The minimum atomic E-state index is -2.01. The van der Waals surface area contributed by atoms with Crippen LogP contribution in [-0.2, 0) is 33.4 Å². The molecule has 10 nitrogen and oxygen atoms in total. The number of amides is 2. The number of carbonyl (C=O) groups is 5. The van der Waals surface area contributed by atoms with Gasteiger partial charge in [0.15, 0.2) is 5.12 Å². The Morgan fingerprint density at radius 3 is 1.79 bits per heavy atom. The molecular weight excluding hydrogens is 637 g/mol. The maximum absolute atomic E-state index is 13.0. The summed E-state index contributed by atoms with van der Waals surface area (Å²) in [6.07, 6.45) is 2.51. The van der Waals surface area contributed by atoms with Crippen molar-refractivity contribution in [2.45, 2.75) is 44.2 Å². The molecule has 2 atom stereocenters. The molecule has 0 aliphatic carbocycles. The number of carbonyl (C=O) groups excluding carboxylic acids is 5. The van der Waals surface area contributed by atoms with Crippen molar-refractivity contribution in [1.29, 1.82) is 0 Å². The van der Waals surface area contributed by atoms with Crippen molar-refractivity contribution >= 4 is 63.8 Å². The fraction of sp³-hybridized carbons (Fsp3) is 0.343. The van der Waals surface area contributed by atoms with E-state index in [0.717, 1.165) is 24.3 Å². The van der Waals surface area contributed by atoms with Gasteiger partial charge in [0.1, 0.15) is 41.8 Å². The molecule has 12 heteroatoms. The fourth-order valence-electron chi connectivity index (χ4n) is 5.11. The number of methoxy groups -OCH3 is 2. The SMILES string of the molecule is COC(=O)CNC(=O)C(CSC(=O)CCCC[P+](c1ccccc1)(c1ccccc1)c1ccccc1)NC(=O)CCC(N)C(=O)OC. The molecule has 4 N–H and O–H groups in total. The van der Waals surface area contributed by atoms with Crippen LogP contribution in [0.4, 0.5) is 0 Å². The average molecular weight is 681 g/mol. The van der Waals surface area contributed by atoms with E-state index in [1.54, 1.807) is 0 Å². The fourth-order valence-corrected chi connectivity index (χ4v) is 10.4. The first-order valence-corrected chi connectivity index (χ1v) is 18.3. The highest BCUT2D eigenvalue weighted by molar-refractivity contribution is 8.13. The molecule has 2 unspecified atom stereocenters. The number of rotatable bonds is 18. The van der Waals surface area contributed by atoms with Gasteiger partial charge in [0.05, 0.1) is 20.4 Å². The van der Waals surface area contributed by atoms with Crippen LogP contribution >= 0.6 is 19.0 Å². The van der Waals surface area contributed by atoms with Gasteiger partial charge in [-0.1, -0.05) is 66.4 Å². The number of hydrogen-bond donors (Lipinski definition) is 3. The van der Waals surface area contributed by atoms with Crippen LogP contribution in [0.1, 0.15) is 32.1 Å². The van der Waals surface area contributed by atoms with Gasteiger partial charge in [-0.05, 0) is 55.7 Å². The quantitative estimate of drug-likeness (QED) is 0.105. The van der Waals surface area contributed by atoms with Crippen LogP contribution in [0.3, 0.4) is 0 Å². The van der Waals surface area contributed by atoms with Crippen molar-refractivity contribution in [2.75, 3.05) is 32.7 Å². The third-order valence-corrected chi connectivity index (χ3v) is 13.2. The summed E-state index contributed by atoms with van der Waals surface area (Å²) in [5.41, 5.74) is 5.71. The zero-order valence-electron chi connectivity index (χ0n) is 26.8. The number of unbranched alkanes of at least 4 members (excludes halogenated alkanes) is 1. The van der Waals surface area contributed by atoms with E-state index in [2.05, 4.69) is 92.9 Å². The number of benzene rings is 3. The lowest BCUT2D eigenvalue weighted by atomic mass is 10.1. The van der Waals surface area contributed by atoms with Gasteiger partial charge in [0.25, 0.3) is 0 Å². The summed E-state index contributed by atoms with van der Waals surface area (Å²) in [5, 5.41) is 8.74. The predicted molar refractivity (Wildman–Crippen MR) is 188 cm³/mol. The van der Waals surface area contributed by atoms with Gasteiger partial charge in [-0.15, -0.1) is 0 Å². The van der Waals surface area contributed by atoms with Crippen LogP contribution in [0.15, 0.2) is 91.0 Å². The first-order chi connectivity index (χ1) is 22.7. The van der Waals surface area contributed by atoms with Gasteiger partial charge in [0.2, 0.25) is 11.8 Å². The zero-order valence-corrected chi connectivity index (χ0v) is 28.5. The highest BCUT2D eigenvalue weighted by Crippen LogP contribution is 2.56. The summed E-state index contributed by atoms with van der Waals surface area (Å²) < 4.78 is 9.14. The van der Waals surface area contributed by atoms with Gasteiger partial charge in [-0.3, -0.25) is 24.0 Å². The minimum Gasteiger partial charge on any atom is -0.468 e. The van der Waals surface area contributed by atoms with Crippen LogP contribution < -0.4 is 32.3 Å². The monoisotopic (exact) mass is 680 g/mol. The first-order valence-electron chi connectivity index (χ1n) is 15.4. The molecule has 0 aliphatic rings. The van der Waals surface area contributed by atoms with Crippen LogP contribution in [-0.4, -0.2) is 73.6 Å². The van der Waals surface area contributed by atoms with E-state index in [4.69, 9.17) is 5.73 Å². The molecule has 0 bridgehead atoms. The van der Waals surface area contributed by atoms with E-state index in [9.17, 15) is 24.0 Å². The molecular formula is C35H43N3O7PS+. The summed E-state index contributed by atoms with van der Waals surface area (Å²) in [6, 6.07) is 29.6. The van der Waals surface area contributed by atoms with Crippen LogP contribution in [0.2, 0.25) is 0 Å². The normalized spacial score (nSPS) is 12.3. The van der Waals surface area contributed by atoms with E-state index >= 15 is 0 Å². The van der Waals surface area contributed by atoms with Gasteiger partial charge < -0.3 is 25.8 Å². The lowest BCUT2D eigenvalue weighted by molar-refractivity contribution is -0.142. The summed E-state index contributed by atoms with van der Waals surface area (Å²) in [7, 11) is 0.385. The number of nitrogens with two attached hydrogens (primary N) is 1. The molecule has 0 radical (unpaired) electrons. The third kappa shape index (κ3) is 11.3. The first kappa shape index (κ1) is 37.4. The lowest BCUT2D eigenvalue weighted by Gasteiger charge is -2.27. The molecule has 47 heavy (non-hydrogen) atoms. The number of esters is 2. The second-order valence-corrected chi connectivity index (χ2v) is 15.5. The number of nitrogens with one attached hydrogen (secondary N) is 2. The molecule has 0 aromatic heterocycles. The van der Waals surface area contributed by atoms with Gasteiger partial charge >= 0.3 is 11.9 Å². The van der Waals surface area contributed by atoms with E-state index in [1.807, 2.05) is 18.2 Å². The largest absolute Gasteiger partial charge is 0.468 e. The number of hydrogen-bond acceptors (Lipinski definition) is 9. The van der Waals surface area contributed by atoms with Crippen molar-refractivity contribution in [3.8, 4) is 0 Å². The van der Waals surface area contributed by atoms with Gasteiger partial charge in [-0.2, -0.15) is 0 Å². The zero-order chi connectivity index (χ0) is 34.1. The molecule has 0 heterocycles. The highest BCUT2D eigenvalue weighted by Gasteiger charge is 2.44. The topological polar surface area (TPSA) is 154 Å². The molecule has 3 aromatic carbocycles. The molecule has 0 saturated heterocycles. The van der Waals surface area contributed by atoms with E-state index in [-0.39, 0.29) is 30.3 Å². The molecule has 250 valence electrons. The highest BCUT2D eigenvalue weighted by atomic mass is 32.2. The molecule has 0 saturated carbocycles. The molecule has 0 fully saturated rings. The summed E-state index contributed by atoms with van der Waals surface area (Å²) in [6.45, 7) is -0.386. The number of thioether (sulfide) groups is 1. The van der Waals surface area contributed by atoms with Crippen molar-refractivity contribution < 1.29 is 33.4 Å². The Bertz CT molecular complexity index is 1370.